The molecule has 6 nitrogen and oxygen atoms in total. The number of hydrogen-bond acceptors (Lipinski definition) is 5. The zero-order valence-electron chi connectivity index (χ0n) is 17.0. The molecule has 0 fully saturated rings. The molecule has 4 N–H and O–H groups in total. The van der Waals surface area contributed by atoms with Gasteiger partial charge in [-0.05, 0) is 36.8 Å². The third-order valence-electron chi connectivity index (χ3n) is 4.34. The highest BCUT2D eigenvalue weighted by atomic mass is 19.4. The lowest BCUT2D eigenvalue weighted by Gasteiger charge is -2.13. The second-order valence-corrected chi connectivity index (χ2v) is 6.36. The highest BCUT2D eigenvalue weighted by Crippen LogP contribution is 2.31. The Morgan fingerprint density at radius 3 is 2.29 bits per heavy atom. The average Bonchev–Trinajstić information content (AvgIpc) is 2.78. The molecular formula is C22H23F3N4O2. The van der Waals surface area contributed by atoms with E-state index in [1.165, 1.54) is 12.1 Å². The molecule has 1 aromatic heterocycles. The molecule has 164 valence electrons. The molecule has 0 atom stereocenters. The van der Waals surface area contributed by atoms with E-state index in [0.717, 1.165) is 28.9 Å². The van der Waals surface area contributed by atoms with Crippen molar-refractivity contribution in [3.05, 3.63) is 77.4 Å². The molecule has 2 aromatic carbocycles. The molecule has 0 aliphatic rings. The van der Waals surface area contributed by atoms with E-state index in [0.29, 0.717) is 30.2 Å². The van der Waals surface area contributed by atoms with E-state index >= 15 is 0 Å². The molecule has 3 aromatic rings. The third-order valence-corrected chi connectivity index (χ3v) is 4.34. The highest BCUT2D eigenvalue weighted by Gasteiger charge is 2.30. The van der Waals surface area contributed by atoms with E-state index in [-0.39, 0.29) is 0 Å². The number of nitrogens with two attached hydrogens (primary N) is 1. The van der Waals surface area contributed by atoms with Crippen LogP contribution in [0.25, 0.3) is 11.3 Å². The molecule has 0 unspecified atom stereocenters. The lowest BCUT2D eigenvalue weighted by atomic mass is 10.1. The number of aryl methyl sites for hydroxylation is 1. The van der Waals surface area contributed by atoms with Gasteiger partial charge in [-0.2, -0.15) is 13.2 Å². The number of nitrogens with zero attached hydrogens (tertiary/aromatic N) is 1. The van der Waals surface area contributed by atoms with Crippen LogP contribution in [-0.4, -0.2) is 18.4 Å². The van der Waals surface area contributed by atoms with Crippen molar-refractivity contribution in [2.75, 3.05) is 12.4 Å². The minimum atomic E-state index is -4.35. The second kappa shape index (κ2) is 11.0. The summed E-state index contributed by atoms with van der Waals surface area (Å²) in [6.07, 6.45) is -3.95. The summed E-state index contributed by atoms with van der Waals surface area (Å²) in [4.78, 5) is 13.3. The minimum absolute atomic E-state index is 0.340. The first kappa shape index (κ1) is 23.7. The first-order valence-electron chi connectivity index (χ1n) is 9.23. The summed E-state index contributed by atoms with van der Waals surface area (Å²) in [5.74, 6) is 4.82. The smallest absolute Gasteiger partial charge is 0.416 e. The summed E-state index contributed by atoms with van der Waals surface area (Å²) in [7, 11) is 1.85. The molecule has 9 heteroatoms. The van der Waals surface area contributed by atoms with E-state index < -0.39 is 11.7 Å². The molecule has 0 spiro atoms. The van der Waals surface area contributed by atoms with Crippen LogP contribution in [-0.2, 0) is 17.6 Å². The van der Waals surface area contributed by atoms with Gasteiger partial charge in [-0.15, -0.1) is 0 Å². The maximum Gasteiger partial charge on any atom is 0.416 e. The molecule has 0 bridgehead atoms. The van der Waals surface area contributed by atoms with Crippen molar-refractivity contribution in [3.8, 4) is 17.1 Å². The van der Waals surface area contributed by atoms with Crippen molar-refractivity contribution in [3.63, 3.8) is 0 Å². The minimum Gasteiger partial charge on any atom is -0.473 e. The maximum atomic E-state index is 12.7. The van der Waals surface area contributed by atoms with Crippen molar-refractivity contribution in [2.45, 2.75) is 19.7 Å². The van der Waals surface area contributed by atoms with Gasteiger partial charge in [0.05, 0.1) is 11.3 Å². The largest absolute Gasteiger partial charge is 0.473 e. The molecule has 31 heavy (non-hydrogen) atoms. The predicted molar refractivity (Wildman–Crippen MR) is 113 cm³/mol. The number of aromatic nitrogens is 1. The number of nitrogens with one attached hydrogen (secondary N) is 2. The number of alkyl halides is 3. The van der Waals surface area contributed by atoms with Crippen LogP contribution in [0.2, 0.25) is 0 Å². The zero-order valence-corrected chi connectivity index (χ0v) is 17.0. The summed E-state index contributed by atoms with van der Waals surface area (Å²) in [5.41, 5.74) is 5.33. The van der Waals surface area contributed by atoms with Crippen molar-refractivity contribution < 1.29 is 22.7 Å². The molecule has 0 saturated heterocycles. The number of carbonyl (C=O) groups excluding carboxylic acids is 1. The number of hydrogen-bond donors (Lipinski definition) is 3. The van der Waals surface area contributed by atoms with Gasteiger partial charge in [0.15, 0.2) is 0 Å². The van der Waals surface area contributed by atoms with Gasteiger partial charge in [0, 0.05) is 29.9 Å². The Morgan fingerprint density at radius 1 is 1.06 bits per heavy atom. The lowest BCUT2D eigenvalue weighted by Crippen LogP contribution is -2.18. The van der Waals surface area contributed by atoms with Gasteiger partial charge in [-0.25, -0.2) is 10.8 Å². The number of rotatable bonds is 6. The van der Waals surface area contributed by atoms with Crippen molar-refractivity contribution >= 4 is 12.1 Å². The van der Waals surface area contributed by atoms with Gasteiger partial charge >= 0.3 is 6.18 Å². The molecule has 0 aliphatic carbocycles. The Morgan fingerprint density at radius 2 is 1.71 bits per heavy atom. The maximum absolute atomic E-state index is 12.7. The first-order valence-corrected chi connectivity index (χ1v) is 9.23. The zero-order chi connectivity index (χ0) is 22.9. The summed E-state index contributed by atoms with van der Waals surface area (Å²) in [6.45, 7) is 2.35. The van der Waals surface area contributed by atoms with Crippen molar-refractivity contribution in [2.24, 2.45) is 5.84 Å². The SMILES string of the molecule is CNc1cccc(C)c1COc1cccc(-c2ccc(C(F)(F)F)cc2)n1.NNC=O. The Balaban J connectivity index is 0.000000785. The van der Waals surface area contributed by atoms with E-state index in [9.17, 15) is 13.2 Å². The summed E-state index contributed by atoms with van der Waals surface area (Å²) < 4.78 is 43.9. The fourth-order valence-corrected chi connectivity index (χ4v) is 2.76. The average molecular weight is 432 g/mol. The topological polar surface area (TPSA) is 89.3 Å². The first-order chi connectivity index (χ1) is 14.8. The number of pyridine rings is 1. The van der Waals surface area contributed by atoms with Crippen LogP contribution >= 0.6 is 0 Å². The lowest BCUT2D eigenvalue weighted by molar-refractivity contribution is -0.137. The molecular weight excluding hydrogens is 409 g/mol. The van der Waals surface area contributed by atoms with Gasteiger partial charge < -0.3 is 10.1 Å². The Hall–Kier alpha value is -3.59. The Kier molecular flexibility index (Phi) is 8.39. The fourth-order valence-electron chi connectivity index (χ4n) is 2.76. The molecule has 0 saturated carbocycles. The number of benzene rings is 2. The van der Waals surface area contributed by atoms with Crippen LogP contribution in [0.4, 0.5) is 18.9 Å². The van der Waals surface area contributed by atoms with Gasteiger partial charge in [0.2, 0.25) is 12.3 Å². The highest BCUT2D eigenvalue weighted by molar-refractivity contribution is 5.60. The van der Waals surface area contributed by atoms with Crippen LogP contribution in [0.3, 0.4) is 0 Å². The number of anilines is 1. The van der Waals surface area contributed by atoms with Gasteiger partial charge in [0.1, 0.15) is 6.61 Å². The van der Waals surface area contributed by atoms with Gasteiger partial charge in [0.25, 0.3) is 0 Å². The van der Waals surface area contributed by atoms with Crippen LogP contribution < -0.4 is 21.3 Å². The number of hydrazine groups is 1. The van der Waals surface area contributed by atoms with Crippen LogP contribution in [0, 0.1) is 6.92 Å². The number of halogens is 3. The second-order valence-electron chi connectivity index (χ2n) is 6.36. The summed E-state index contributed by atoms with van der Waals surface area (Å²) in [5, 5.41) is 3.14. The van der Waals surface area contributed by atoms with Crippen molar-refractivity contribution in [1.82, 2.24) is 10.4 Å². The molecule has 0 aliphatic heterocycles. The van der Waals surface area contributed by atoms with Gasteiger partial charge in [-0.3, -0.25) is 10.2 Å². The van der Waals surface area contributed by atoms with Gasteiger partial charge in [-0.1, -0.05) is 30.3 Å². The van der Waals surface area contributed by atoms with Crippen LogP contribution in [0.1, 0.15) is 16.7 Å². The monoisotopic (exact) mass is 432 g/mol. The fraction of sp³-hybridized carbons (Fsp3) is 0.182. The normalized spacial score (nSPS) is 10.5. The molecule has 0 radical (unpaired) electrons. The van der Waals surface area contributed by atoms with Crippen molar-refractivity contribution in [1.29, 1.82) is 0 Å². The third kappa shape index (κ3) is 6.71. The summed E-state index contributed by atoms with van der Waals surface area (Å²) >= 11 is 0. The number of ether oxygens (including phenoxy) is 1. The quantitative estimate of drug-likeness (QED) is 0.234. The van der Waals surface area contributed by atoms with E-state index in [4.69, 9.17) is 9.53 Å². The van der Waals surface area contributed by atoms with E-state index in [2.05, 4.69) is 16.1 Å². The number of carbonyl (C=O) groups is 1. The van der Waals surface area contributed by atoms with E-state index in [1.807, 2.05) is 32.2 Å². The number of amides is 1. The predicted octanol–water partition coefficient (Wildman–Crippen LogP) is 4.30. The Bertz CT molecular complexity index is 993. The Labute approximate surface area is 178 Å². The molecule has 1 amide bonds. The van der Waals surface area contributed by atoms with Crippen LogP contribution in [0.5, 0.6) is 5.88 Å². The standard InChI is InChI=1S/C21H19F3N2O.CH4N2O/c1-14-5-3-7-19(25-2)17(14)13-27-20-8-4-6-18(26-20)15-9-11-16(12-10-15)21(22,23)24;2-3-1-4/h3-12,25H,13H2,1-2H3;1H,2H2,(H,3,4). The molecule has 3 rings (SSSR count). The summed E-state index contributed by atoms with van der Waals surface area (Å²) in [6, 6.07) is 16.1. The molecule has 1 heterocycles. The van der Waals surface area contributed by atoms with E-state index in [1.54, 1.807) is 23.6 Å². The van der Waals surface area contributed by atoms with Crippen LogP contribution in [0.15, 0.2) is 60.7 Å².